The summed E-state index contributed by atoms with van der Waals surface area (Å²) in [5, 5.41) is 3.43. The van der Waals surface area contributed by atoms with Gasteiger partial charge in [0.25, 0.3) is 0 Å². The summed E-state index contributed by atoms with van der Waals surface area (Å²) in [6, 6.07) is 16.2. The molecule has 4 nitrogen and oxygen atoms in total. The highest BCUT2D eigenvalue weighted by atomic mass is 16.5. The van der Waals surface area contributed by atoms with E-state index in [1.54, 1.807) is 0 Å². The van der Waals surface area contributed by atoms with Crippen molar-refractivity contribution >= 4 is 5.69 Å². The monoisotopic (exact) mass is 343 g/mol. The van der Waals surface area contributed by atoms with Gasteiger partial charge in [-0.2, -0.15) is 0 Å². The molecule has 0 aromatic heterocycles. The zero-order valence-electron chi connectivity index (χ0n) is 15.3. The van der Waals surface area contributed by atoms with Crippen molar-refractivity contribution in [3.63, 3.8) is 0 Å². The van der Waals surface area contributed by atoms with Gasteiger partial charge in [0.2, 0.25) is 0 Å². The summed E-state index contributed by atoms with van der Waals surface area (Å²) in [7, 11) is 0. The van der Waals surface area contributed by atoms with Gasteiger partial charge < -0.3 is 19.5 Å². The van der Waals surface area contributed by atoms with E-state index in [4.69, 9.17) is 14.2 Å². The van der Waals surface area contributed by atoms with Crippen LogP contribution in [0.25, 0.3) is 0 Å². The van der Waals surface area contributed by atoms with Crippen LogP contribution >= 0.6 is 0 Å². The number of hydrogen-bond donors (Lipinski definition) is 1. The smallest absolute Gasteiger partial charge is 0.121 e. The van der Waals surface area contributed by atoms with E-state index in [-0.39, 0.29) is 0 Å². The summed E-state index contributed by atoms with van der Waals surface area (Å²) in [6.45, 7) is 7.55. The van der Waals surface area contributed by atoms with Crippen molar-refractivity contribution in [2.24, 2.45) is 0 Å². The number of hydrogen-bond acceptors (Lipinski definition) is 4. The molecule has 1 N–H and O–H groups in total. The van der Waals surface area contributed by atoms with Crippen molar-refractivity contribution in [2.45, 2.75) is 33.2 Å². The van der Waals surface area contributed by atoms with Gasteiger partial charge in [0.1, 0.15) is 18.1 Å². The average Bonchev–Trinajstić information content (AvgIpc) is 2.65. The largest absolute Gasteiger partial charge is 0.494 e. The van der Waals surface area contributed by atoms with E-state index in [1.165, 1.54) is 5.56 Å². The molecule has 2 aromatic carbocycles. The van der Waals surface area contributed by atoms with Crippen LogP contribution in [0.4, 0.5) is 5.69 Å². The first-order valence-corrected chi connectivity index (χ1v) is 9.08. The van der Waals surface area contributed by atoms with Gasteiger partial charge in [-0.05, 0) is 43.2 Å². The van der Waals surface area contributed by atoms with Crippen molar-refractivity contribution in [2.75, 3.05) is 31.7 Å². The van der Waals surface area contributed by atoms with Gasteiger partial charge in [0, 0.05) is 24.9 Å². The summed E-state index contributed by atoms with van der Waals surface area (Å²) in [4.78, 5) is 0. The highest BCUT2D eigenvalue weighted by Gasteiger charge is 2.00. The van der Waals surface area contributed by atoms with Gasteiger partial charge >= 0.3 is 0 Å². The summed E-state index contributed by atoms with van der Waals surface area (Å²) in [5.74, 6) is 1.78. The number of ether oxygens (including phenoxy) is 3. The lowest BCUT2D eigenvalue weighted by atomic mass is 10.2. The Kier molecular flexibility index (Phi) is 8.70. The quantitative estimate of drug-likeness (QED) is 0.557. The van der Waals surface area contributed by atoms with Crippen LogP contribution < -0.4 is 14.8 Å². The van der Waals surface area contributed by atoms with Crippen LogP contribution in [0, 0.1) is 0 Å². The van der Waals surface area contributed by atoms with E-state index < -0.39 is 0 Å². The third-order valence-corrected chi connectivity index (χ3v) is 3.70. The third kappa shape index (κ3) is 7.48. The lowest BCUT2D eigenvalue weighted by Gasteiger charge is -2.11. The molecule has 2 aromatic rings. The first-order valence-electron chi connectivity index (χ1n) is 9.08. The van der Waals surface area contributed by atoms with E-state index >= 15 is 0 Å². The molecule has 0 aliphatic heterocycles. The zero-order chi connectivity index (χ0) is 17.7. The van der Waals surface area contributed by atoms with Gasteiger partial charge in [-0.1, -0.05) is 31.5 Å². The van der Waals surface area contributed by atoms with Crippen molar-refractivity contribution in [3.8, 4) is 11.5 Å². The number of benzene rings is 2. The van der Waals surface area contributed by atoms with Gasteiger partial charge in [-0.15, -0.1) is 0 Å². The molecule has 0 unspecified atom stereocenters. The van der Waals surface area contributed by atoms with Gasteiger partial charge in [0.05, 0.1) is 13.2 Å². The second-order valence-corrected chi connectivity index (χ2v) is 5.78. The fraction of sp³-hybridized carbons (Fsp3) is 0.429. The molecule has 0 aliphatic rings. The van der Waals surface area contributed by atoms with Crippen molar-refractivity contribution in [1.29, 1.82) is 0 Å². The Morgan fingerprint density at radius 2 is 1.60 bits per heavy atom. The maximum atomic E-state index is 5.76. The highest BCUT2D eigenvalue weighted by Crippen LogP contribution is 2.19. The average molecular weight is 343 g/mol. The van der Waals surface area contributed by atoms with Crippen LogP contribution in [0.15, 0.2) is 48.5 Å². The molecule has 0 amide bonds. The van der Waals surface area contributed by atoms with Crippen LogP contribution in [0.3, 0.4) is 0 Å². The first-order chi connectivity index (χ1) is 12.3. The summed E-state index contributed by atoms with van der Waals surface area (Å²) in [6.07, 6.45) is 2.22. The second kappa shape index (κ2) is 11.4. The minimum atomic E-state index is 0.564. The number of rotatable bonds is 12. The lowest BCUT2D eigenvalue weighted by Crippen LogP contribution is -2.06. The second-order valence-electron chi connectivity index (χ2n) is 5.78. The number of unbranched alkanes of at least 4 members (excludes halogenated alkanes) is 1. The Morgan fingerprint density at radius 3 is 2.40 bits per heavy atom. The minimum absolute atomic E-state index is 0.564. The Labute approximate surface area is 151 Å². The Balaban J connectivity index is 1.83. The Hall–Kier alpha value is -2.20. The molecule has 0 fully saturated rings. The number of nitrogens with one attached hydrogen (secondary N) is 1. The molecule has 0 atom stereocenters. The molecule has 25 heavy (non-hydrogen) atoms. The normalized spacial score (nSPS) is 10.5. The molecular weight excluding hydrogens is 314 g/mol. The van der Waals surface area contributed by atoms with Gasteiger partial charge in [-0.25, -0.2) is 0 Å². The standard InChI is InChI=1S/C21H29NO3/c1-3-5-12-24-20-10-6-8-18(15-20)17-22-19-9-7-11-21(16-19)25-14-13-23-4-2/h6-11,15-16,22H,3-5,12-14,17H2,1-2H3. The van der Waals surface area contributed by atoms with Crippen molar-refractivity contribution in [3.05, 3.63) is 54.1 Å². The number of anilines is 1. The molecular formula is C21H29NO3. The molecule has 0 bridgehead atoms. The highest BCUT2D eigenvalue weighted by molar-refractivity contribution is 5.48. The summed E-state index contributed by atoms with van der Waals surface area (Å²) >= 11 is 0. The summed E-state index contributed by atoms with van der Waals surface area (Å²) in [5.41, 5.74) is 2.22. The minimum Gasteiger partial charge on any atom is -0.494 e. The van der Waals surface area contributed by atoms with Crippen LogP contribution in [-0.4, -0.2) is 26.4 Å². The van der Waals surface area contributed by atoms with Crippen LogP contribution in [0.2, 0.25) is 0 Å². The molecule has 0 heterocycles. The molecule has 0 spiro atoms. The van der Waals surface area contributed by atoms with E-state index in [0.29, 0.717) is 19.8 Å². The predicted octanol–water partition coefficient (Wildman–Crippen LogP) is 4.89. The molecule has 0 saturated carbocycles. The molecule has 0 saturated heterocycles. The Bertz CT molecular complexity index is 616. The zero-order valence-corrected chi connectivity index (χ0v) is 15.3. The summed E-state index contributed by atoms with van der Waals surface area (Å²) < 4.78 is 16.7. The van der Waals surface area contributed by atoms with Crippen LogP contribution in [-0.2, 0) is 11.3 Å². The molecule has 136 valence electrons. The predicted molar refractivity (Wildman–Crippen MR) is 103 cm³/mol. The van der Waals surface area contributed by atoms with E-state index in [0.717, 1.165) is 43.2 Å². The maximum Gasteiger partial charge on any atom is 0.121 e. The topological polar surface area (TPSA) is 39.7 Å². The fourth-order valence-corrected chi connectivity index (χ4v) is 2.34. The maximum absolute atomic E-state index is 5.76. The lowest BCUT2D eigenvalue weighted by molar-refractivity contribution is 0.110. The third-order valence-electron chi connectivity index (χ3n) is 3.70. The van der Waals surface area contributed by atoms with Crippen LogP contribution in [0.5, 0.6) is 11.5 Å². The van der Waals surface area contributed by atoms with Gasteiger partial charge in [0.15, 0.2) is 0 Å². The Morgan fingerprint density at radius 1 is 0.840 bits per heavy atom. The first kappa shape index (κ1) is 19.1. The molecule has 4 heteroatoms. The van der Waals surface area contributed by atoms with E-state index in [1.807, 2.05) is 43.3 Å². The van der Waals surface area contributed by atoms with Gasteiger partial charge in [-0.3, -0.25) is 0 Å². The molecule has 2 rings (SSSR count). The van der Waals surface area contributed by atoms with Crippen molar-refractivity contribution in [1.82, 2.24) is 0 Å². The van der Waals surface area contributed by atoms with Crippen LogP contribution in [0.1, 0.15) is 32.3 Å². The molecule has 0 aliphatic carbocycles. The SMILES string of the molecule is CCCCOc1cccc(CNc2cccc(OCCOCC)c2)c1. The van der Waals surface area contributed by atoms with E-state index in [2.05, 4.69) is 24.4 Å². The van der Waals surface area contributed by atoms with Crippen molar-refractivity contribution < 1.29 is 14.2 Å². The fourth-order valence-electron chi connectivity index (χ4n) is 2.34. The molecule has 0 radical (unpaired) electrons. The van der Waals surface area contributed by atoms with E-state index in [9.17, 15) is 0 Å².